The van der Waals surface area contributed by atoms with E-state index in [0.29, 0.717) is 6.10 Å². The molecule has 1 aromatic heterocycles. The van der Waals surface area contributed by atoms with E-state index >= 15 is 0 Å². The highest BCUT2D eigenvalue weighted by Crippen LogP contribution is 2.24. The van der Waals surface area contributed by atoms with Gasteiger partial charge < -0.3 is 10.5 Å². The van der Waals surface area contributed by atoms with Crippen molar-refractivity contribution in [2.45, 2.75) is 37.8 Å². The van der Waals surface area contributed by atoms with Crippen molar-refractivity contribution < 1.29 is 4.74 Å². The van der Waals surface area contributed by atoms with Crippen molar-refractivity contribution in [3.05, 3.63) is 22.4 Å². The van der Waals surface area contributed by atoms with Gasteiger partial charge in [-0.1, -0.05) is 6.07 Å². The fourth-order valence-electron chi connectivity index (χ4n) is 1.88. The molecule has 1 aliphatic heterocycles. The lowest BCUT2D eigenvalue weighted by Gasteiger charge is -2.13. The van der Waals surface area contributed by atoms with Crippen LogP contribution in [-0.2, 0) is 4.74 Å². The summed E-state index contributed by atoms with van der Waals surface area (Å²) in [5.74, 6) is 0. The molecular weight excluding hydrogens is 194 g/mol. The van der Waals surface area contributed by atoms with Crippen LogP contribution in [-0.4, -0.2) is 12.7 Å². The second kappa shape index (κ2) is 4.91. The van der Waals surface area contributed by atoms with E-state index in [4.69, 9.17) is 10.5 Å². The summed E-state index contributed by atoms with van der Waals surface area (Å²) in [5, 5.41) is 2.08. The lowest BCUT2D eigenvalue weighted by Crippen LogP contribution is -2.13. The van der Waals surface area contributed by atoms with Crippen molar-refractivity contribution in [3.8, 4) is 0 Å². The highest BCUT2D eigenvalue weighted by molar-refractivity contribution is 7.10. The fourth-order valence-corrected chi connectivity index (χ4v) is 2.65. The Labute approximate surface area is 89.1 Å². The maximum absolute atomic E-state index is 6.07. The zero-order chi connectivity index (χ0) is 9.80. The second-order valence-electron chi connectivity index (χ2n) is 3.83. The van der Waals surface area contributed by atoms with Crippen LogP contribution in [0, 0.1) is 0 Å². The van der Waals surface area contributed by atoms with Crippen molar-refractivity contribution in [1.82, 2.24) is 0 Å². The van der Waals surface area contributed by atoms with Crippen LogP contribution in [0.3, 0.4) is 0 Å². The molecule has 1 aromatic rings. The van der Waals surface area contributed by atoms with Gasteiger partial charge in [0.15, 0.2) is 0 Å². The summed E-state index contributed by atoms with van der Waals surface area (Å²) >= 11 is 1.75. The molecule has 2 heterocycles. The number of hydrogen-bond acceptors (Lipinski definition) is 3. The second-order valence-corrected chi connectivity index (χ2v) is 4.81. The standard InChI is InChI=1S/C11H17NOS/c12-10(11-4-2-8-14-11)6-5-9-3-1-7-13-9/h2,4,8-10H,1,3,5-7,12H2. The van der Waals surface area contributed by atoms with Gasteiger partial charge in [-0.25, -0.2) is 0 Å². The van der Waals surface area contributed by atoms with Crippen LogP contribution in [0.25, 0.3) is 0 Å². The number of nitrogens with two attached hydrogens (primary N) is 1. The number of thiophene rings is 1. The third kappa shape index (κ3) is 2.56. The molecule has 0 amide bonds. The van der Waals surface area contributed by atoms with Crippen LogP contribution in [0.15, 0.2) is 17.5 Å². The summed E-state index contributed by atoms with van der Waals surface area (Å²) in [6.45, 7) is 0.943. The molecule has 0 spiro atoms. The number of hydrogen-bond donors (Lipinski definition) is 1. The maximum atomic E-state index is 6.07. The average Bonchev–Trinajstić information content (AvgIpc) is 2.87. The van der Waals surface area contributed by atoms with Crippen LogP contribution < -0.4 is 5.73 Å². The smallest absolute Gasteiger partial charge is 0.0576 e. The van der Waals surface area contributed by atoms with E-state index < -0.39 is 0 Å². The van der Waals surface area contributed by atoms with Gasteiger partial charge in [-0.2, -0.15) is 0 Å². The Balaban J connectivity index is 1.74. The van der Waals surface area contributed by atoms with Gasteiger partial charge in [0, 0.05) is 17.5 Å². The largest absolute Gasteiger partial charge is 0.378 e. The van der Waals surface area contributed by atoms with Gasteiger partial charge in [0.05, 0.1) is 6.10 Å². The normalized spacial score (nSPS) is 23.9. The van der Waals surface area contributed by atoms with Crippen LogP contribution in [0.1, 0.15) is 36.6 Å². The zero-order valence-electron chi connectivity index (χ0n) is 8.32. The molecule has 2 rings (SSSR count). The SMILES string of the molecule is NC(CCC1CCCO1)c1cccs1. The van der Waals surface area contributed by atoms with E-state index in [1.165, 1.54) is 17.7 Å². The number of ether oxygens (including phenoxy) is 1. The van der Waals surface area contributed by atoms with Crippen molar-refractivity contribution in [1.29, 1.82) is 0 Å². The highest BCUT2D eigenvalue weighted by atomic mass is 32.1. The van der Waals surface area contributed by atoms with Crippen molar-refractivity contribution >= 4 is 11.3 Å². The minimum atomic E-state index is 0.208. The molecule has 2 nitrogen and oxygen atoms in total. The lowest BCUT2D eigenvalue weighted by molar-refractivity contribution is 0.101. The van der Waals surface area contributed by atoms with Crippen LogP contribution in [0.2, 0.25) is 0 Å². The predicted molar refractivity (Wildman–Crippen MR) is 59.5 cm³/mol. The molecule has 0 bridgehead atoms. The van der Waals surface area contributed by atoms with Crippen LogP contribution in [0.4, 0.5) is 0 Å². The van der Waals surface area contributed by atoms with E-state index in [1.54, 1.807) is 11.3 Å². The predicted octanol–water partition coefficient (Wildman–Crippen LogP) is 2.71. The molecule has 78 valence electrons. The van der Waals surface area contributed by atoms with Crippen LogP contribution >= 0.6 is 11.3 Å². The molecule has 0 radical (unpaired) electrons. The Morgan fingerprint density at radius 3 is 3.21 bits per heavy atom. The van der Waals surface area contributed by atoms with Crippen LogP contribution in [0.5, 0.6) is 0 Å². The average molecular weight is 211 g/mol. The van der Waals surface area contributed by atoms with Crippen molar-refractivity contribution in [3.63, 3.8) is 0 Å². The molecule has 3 heteroatoms. The molecule has 2 atom stereocenters. The number of rotatable bonds is 4. The highest BCUT2D eigenvalue weighted by Gasteiger charge is 2.17. The first kappa shape index (κ1) is 10.1. The summed E-state index contributed by atoms with van der Waals surface area (Å²) in [5.41, 5.74) is 6.07. The first-order valence-corrected chi connectivity index (χ1v) is 6.15. The third-order valence-corrected chi connectivity index (χ3v) is 3.74. The van der Waals surface area contributed by atoms with Crippen molar-refractivity contribution in [2.75, 3.05) is 6.61 Å². The van der Waals surface area contributed by atoms with Crippen molar-refractivity contribution in [2.24, 2.45) is 5.73 Å². The molecule has 2 unspecified atom stereocenters. The Morgan fingerprint density at radius 1 is 1.64 bits per heavy atom. The van der Waals surface area contributed by atoms with E-state index in [9.17, 15) is 0 Å². The van der Waals surface area contributed by atoms with Gasteiger partial charge >= 0.3 is 0 Å². The first-order chi connectivity index (χ1) is 6.86. The molecule has 0 aliphatic carbocycles. The Kier molecular flexibility index (Phi) is 3.56. The van der Waals surface area contributed by atoms with E-state index in [2.05, 4.69) is 17.5 Å². The Morgan fingerprint density at radius 2 is 2.57 bits per heavy atom. The molecule has 0 saturated carbocycles. The molecular formula is C11H17NOS. The molecule has 1 saturated heterocycles. The third-order valence-electron chi connectivity index (χ3n) is 2.73. The lowest BCUT2D eigenvalue weighted by atomic mass is 10.1. The monoisotopic (exact) mass is 211 g/mol. The minimum absolute atomic E-state index is 0.208. The van der Waals surface area contributed by atoms with Gasteiger partial charge in [0.2, 0.25) is 0 Å². The van der Waals surface area contributed by atoms with Gasteiger partial charge in [0.1, 0.15) is 0 Å². The summed E-state index contributed by atoms with van der Waals surface area (Å²) in [7, 11) is 0. The van der Waals surface area contributed by atoms with Gasteiger partial charge in [0.25, 0.3) is 0 Å². The molecule has 1 aliphatic rings. The minimum Gasteiger partial charge on any atom is -0.378 e. The fraction of sp³-hybridized carbons (Fsp3) is 0.636. The van der Waals surface area contributed by atoms with Gasteiger partial charge in [-0.15, -0.1) is 11.3 Å². The van der Waals surface area contributed by atoms with E-state index in [-0.39, 0.29) is 6.04 Å². The maximum Gasteiger partial charge on any atom is 0.0576 e. The molecule has 1 fully saturated rings. The summed E-state index contributed by atoms with van der Waals surface area (Å²) in [6, 6.07) is 4.38. The Bertz CT molecular complexity index is 254. The van der Waals surface area contributed by atoms with Gasteiger partial charge in [-0.3, -0.25) is 0 Å². The Hall–Kier alpha value is -0.380. The molecule has 2 N–H and O–H groups in total. The molecule has 14 heavy (non-hydrogen) atoms. The zero-order valence-corrected chi connectivity index (χ0v) is 9.13. The summed E-state index contributed by atoms with van der Waals surface area (Å²) < 4.78 is 5.57. The quantitative estimate of drug-likeness (QED) is 0.831. The summed E-state index contributed by atoms with van der Waals surface area (Å²) in [6.07, 6.45) is 5.07. The molecule has 0 aromatic carbocycles. The van der Waals surface area contributed by atoms with E-state index in [0.717, 1.165) is 19.4 Å². The topological polar surface area (TPSA) is 35.2 Å². The van der Waals surface area contributed by atoms with E-state index in [1.807, 2.05) is 0 Å². The summed E-state index contributed by atoms with van der Waals surface area (Å²) in [4.78, 5) is 1.29. The first-order valence-electron chi connectivity index (χ1n) is 5.27. The van der Waals surface area contributed by atoms with Gasteiger partial charge in [-0.05, 0) is 37.1 Å².